The number of ether oxygens (including phenoxy) is 1. The molecule has 2 aromatic carbocycles. The van der Waals surface area contributed by atoms with Gasteiger partial charge in [-0.05, 0) is 36.4 Å². The number of aromatic nitrogens is 1. The van der Waals surface area contributed by atoms with Crippen molar-refractivity contribution in [2.45, 2.75) is 13.5 Å². The molecule has 5 nitrogen and oxygen atoms in total. The molecule has 0 aliphatic heterocycles. The highest BCUT2D eigenvalue weighted by Gasteiger charge is 2.06. The van der Waals surface area contributed by atoms with Crippen molar-refractivity contribution in [3.05, 3.63) is 47.9 Å². The minimum atomic E-state index is 0.238. The molecule has 0 aliphatic rings. The Bertz CT molecular complexity index is 780. The van der Waals surface area contributed by atoms with E-state index in [1.165, 1.54) is 0 Å². The van der Waals surface area contributed by atoms with E-state index >= 15 is 0 Å². The van der Waals surface area contributed by atoms with Crippen molar-refractivity contribution < 1.29 is 14.3 Å². The van der Waals surface area contributed by atoms with Gasteiger partial charge in [-0.3, -0.25) is 0 Å². The Balaban J connectivity index is 1.79. The van der Waals surface area contributed by atoms with E-state index in [4.69, 9.17) is 9.15 Å². The van der Waals surface area contributed by atoms with Crippen LogP contribution in [-0.2, 0) is 6.54 Å². The van der Waals surface area contributed by atoms with E-state index < -0.39 is 0 Å². The average Bonchev–Trinajstić information content (AvgIpc) is 2.85. The number of nitrogens with zero attached hydrogens (tertiary/aromatic N) is 1. The van der Waals surface area contributed by atoms with Gasteiger partial charge in [0.2, 0.25) is 0 Å². The second-order valence-corrected chi connectivity index (χ2v) is 4.76. The maximum atomic E-state index is 9.86. The molecule has 0 unspecified atom stereocenters. The van der Waals surface area contributed by atoms with Gasteiger partial charge in [-0.25, -0.2) is 4.98 Å². The molecular weight excluding hydrogens is 268 g/mol. The first-order valence-electron chi connectivity index (χ1n) is 6.62. The van der Waals surface area contributed by atoms with E-state index in [-0.39, 0.29) is 5.75 Å². The van der Waals surface area contributed by atoms with Crippen LogP contribution in [0.5, 0.6) is 11.5 Å². The Morgan fingerprint density at radius 2 is 2.10 bits per heavy atom. The summed E-state index contributed by atoms with van der Waals surface area (Å²) >= 11 is 0. The molecule has 3 rings (SSSR count). The van der Waals surface area contributed by atoms with Gasteiger partial charge in [-0.2, -0.15) is 0 Å². The van der Waals surface area contributed by atoms with Gasteiger partial charge in [-0.15, -0.1) is 0 Å². The molecule has 2 N–H and O–H groups in total. The first kappa shape index (κ1) is 13.3. The van der Waals surface area contributed by atoms with E-state index in [0.29, 0.717) is 18.2 Å². The first-order chi connectivity index (χ1) is 10.2. The first-order valence-corrected chi connectivity index (χ1v) is 6.62. The van der Waals surface area contributed by atoms with Crippen molar-refractivity contribution in [1.82, 2.24) is 4.98 Å². The number of methoxy groups -OCH3 is 1. The summed E-state index contributed by atoms with van der Waals surface area (Å²) in [6, 6.07) is 10.9. The Labute approximate surface area is 122 Å². The maximum Gasteiger partial charge on any atom is 0.192 e. The van der Waals surface area contributed by atoms with Crippen molar-refractivity contribution >= 4 is 16.8 Å². The van der Waals surface area contributed by atoms with Crippen molar-refractivity contribution in [3.8, 4) is 11.5 Å². The molecule has 0 amide bonds. The van der Waals surface area contributed by atoms with Gasteiger partial charge < -0.3 is 19.6 Å². The number of anilines is 1. The molecule has 0 atom stereocenters. The highest BCUT2D eigenvalue weighted by atomic mass is 16.5. The van der Waals surface area contributed by atoms with Gasteiger partial charge >= 0.3 is 0 Å². The third-order valence-electron chi connectivity index (χ3n) is 3.26. The molecule has 5 heteroatoms. The number of aromatic hydroxyl groups is 1. The number of hydrogen-bond acceptors (Lipinski definition) is 5. The molecule has 0 radical (unpaired) electrons. The fraction of sp³-hybridized carbons (Fsp3) is 0.188. The number of nitrogens with one attached hydrogen (secondary N) is 1. The number of phenols is 1. The molecule has 0 fully saturated rings. The van der Waals surface area contributed by atoms with Gasteiger partial charge in [0.25, 0.3) is 0 Å². The summed E-state index contributed by atoms with van der Waals surface area (Å²) in [4.78, 5) is 4.30. The molecule has 0 spiro atoms. The van der Waals surface area contributed by atoms with E-state index in [0.717, 1.165) is 22.4 Å². The Kier molecular flexibility index (Phi) is 3.39. The van der Waals surface area contributed by atoms with Gasteiger partial charge in [0.15, 0.2) is 11.5 Å². The van der Waals surface area contributed by atoms with E-state index in [1.807, 2.05) is 25.1 Å². The van der Waals surface area contributed by atoms with E-state index in [1.54, 1.807) is 25.3 Å². The second kappa shape index (κ2) is 5.36. The standard InChI is InChI=1S/C16H16N2O3/c1-10-18-14-8-12(3-6-16(14)21-10)17-9-11-7-13(20-2)4-5-15(11)19/h3-8,17,19H,9H2,1-2H3. The normalized spacial score (nSPS) is 10.8. The molecule has 21 heavy (non-hydrogen) atoms. The summed E-state index contributed by atoms with van der Waals surface area (Å²) in [5, 5.41) is 13.1. The number of hydrogen-bond donors (Lipinski definition) is 2. The minimum absolute atomic E-state index is 0.238. The van der Waals surface area contributed by atoms with Crippen LogP contribution in [0.3, 0.4) is 0 Å². The lowest BCUT2D eigenvalue weighted by atomic mass is 10.2. The van der Waals surface area contributed by atoms with Crippen molar-refractivity contribution in [2.75, 3.05) is 12.4 Å². The second-order valence-electron chi connectivity index (χ2n) is 4.76. The number of fused-ring (bicyclic) bond motifs is 1. The minimum Gasteiger partial charge on any atom is -0.508 e. The zero-order valence-corrected chi connectivity index (χ0v) is 11.9. The molecule has 1 aromatic heterocycles. The third-order valence-corrected chi connectivity index (χ3v) is 3.26. The number of phenolic OH excluding ortho intramolecular Hbond substituents is 1. The molecule has 1 heterocycles. The summed E-state index contributed by atoms with van der Waals surface area (Å²) in [5.74, 6) is 1.60. The number of benzene rings is 2. The molecule has 0 saturated heterocycles. The lowest BCUT2D eigenvalue weighted by molar-refractivity contribution is 0.411. The van der Waals surface area contributed by atoms with E-state index in [9.17, 15) is 5.11 Å². The van der Waals surface area contributed by atoms with Crippen LogP contribution < -0.4 is 10.1 Å². The van der Waals surface area contributed by atoms with E-state index in [2.05, 4.69) is 10.3 Å². The molecule has 0 saturated carbocycles. The van der Waals surface area contributed by atoms with Gasteiger partial charge in [0.05, 0.1) is 7.11 Å². The molecule has 0 bridgehead atoms. The summed E-state index contributed by atoms with van der Waals surface area (Å²) in [7, 11) is 1.60. The number of aryl methyl sites for hydroxylation is 1. The lowest BCUT2D eigenvalue weighted by Gasteiger charge is -2.09. The zero-order chi connectivity index (χ0) is 14.8. The largest absolute Gasteiger partial charge is 0.508 e. The van der Waals surface area contributed by atoms with Gasteiger partial charge in [0, 0.05) is 24.7 Å². The van der Waals surface area contributed by atoms with Crippen molar-refractivity contribution in [1.29, 1.82) is 0 Å². The highest BCUT2D eigenvalue weighted by molar-refractivity contribution is 5.77. The number of oxazole rings is 1. The zero-order valence-electron chi connectivity index (χ0n) is 11.9. The van der Waals surface area contributed by atoms with Crippen LogP contribution in [0, 0.1) is 6.92 Å². The van der Waals surface area contributed by atoms with Gasteiger partial charge in [0.1, 0.15) is 17.0 Å². The van der Waals surface area contributed by atoms with Crippen LogP contribution in [0.1, 0.15) is 11.5 Å². The molecule has 0 aliphatic carbocycles. The Morgan fingerprint density at radius 3 is 2.90 bits per heavy atom. The maximum absolute atomic E-state index is 9.86. The quantitative estimate of drug-likeness (QED) is 0.768. The smallest absolute Gasteiger partial charge is 0.192 e. The summed E-state index contributed by atoms with van der Waals surface area (Å²) in [6.07, 6.45) is 0. The SMILES string of the molecule is COc1ccc(O)c(CNc2ccc3oc(C)nc3c2)c1. The van der Waals surface area contributed by atoms with Crippen LogP contribution in [0.4, 0.5) is 5.69 Å². The predicted octanol–water partition coefficient (Wildman–Crippen LogP) is 3.46. The van der Waals surface area contributed by atoms with Crippen molar-refractivity contribution in [3.63, 3.8) is 0 Å². The number of rotatable bonds is 4. The fourth-order valence-corrected chi connectivity index (χ4v) is 2.18. The van der Waals surface area contributed by atoms with Crippen LogP contribution in [0.2, 0.25) is 0 Å². The third kappa shape index (κ3) is 2.76. The van der Waals surface area contributed by atoms with Crippen LogP contribution >= 0.6 is 0 Å². The predicted molar refractivity (Wildman–Crippen MR) is 80.7 cm³/mol. The Hall–Kier alpha value is -2.69. The molecule has 3 aromatic rings. The highest BCUT2D eigenvalue weighted by Crippen LogP contribution is 2.25. The van der Waals surface area contributed by atoms with Crippen LogP contribution in [0.15, 0.2) is 40.8 Å². The summed E-state index contributed by atoms with van der Waals surface area (Å²) in [5.41, 5.74) is 3.26. The topological polar surface area (TPSA) is 67.5 Å². The lowest BCUT2D eigenvalue weighted by Crippen LogP contribution is -2.00. The monoisotopic (exact) mass is 284 g/mol. The van der Waals surface area contributed by atoms with Crippen molar-refractivity contribution in [2.24, 2.45) is 0 Å². The fourth-order valence-electron chi connectivity index (χ4n) is 2.18. The Morgan fingerprint density at radius 1 is 1.24 bits per heavy atom. The van der Waals surface area contributed by atoms with Gasteiger partial charge in [-0.1, -0.05) is 0 Å². The summed E-state index contributed by atoms with van der Waals surface area (Å²) < 4.78 is 10.6. The molecular formula is C16H16N2O3. The molecule has 108 valence electrons. The summed E-state index contributed by atoms with van der Waals surface area (Å²) in [6.45, 7) is 2.31. The van der Waals surface area contributed by atoms with Crippen LogP contribution in [0.25, 0.3) is 11.1 Å². The van der Waals surface area contributed by atoms with Crippen LogP contribution in [-0.4, -0.2) is 17.2 Å². The average molecular weight is 284 g/mol.